The Morgan fingerprint density at radius 2 is 1.56 bits per heavy atom. The number of likely N-dealkylation sites (tertiary alicyclic amines) is 1. The SMILES string of the molecule is CN(CCCNc1cccc2c1C(=O)N(C1CCC(=O)NC1=O)C2=O)[C@@H]1C[C@@H]2CN(c3cc(N4CCC5(CC4)CN(c4cc(F)c(CN6CCC(C)(C)CC6)cc4F)CC(=O)N5)ncn3)C[C@@H]2C1. The molecule has 5 amide bonds. The van der Waals surface area contributed by atoms with Crippen molar-refractivity contribution in [1.82, 2.24) is 35.3 Å². The van der Waals surface area contributed by atoms with Crippen molar-refractivity contribution < 1.29 is 32.8 Å². The number of rotatable bonds is 12. The first-order valence-electron chi connectivity index (χ1n) is 24.5. The second-order valence-electron chi connectivity index (χ2n) is 21.2. The Kier molecular flexibility index (Phi) is 12.4. The van der Waals surface area contributed by atoms with Gasteiger partial charge in [0.05, 0.1) is 28.9 Å². The van der Waals surface area contributed by atoms with E-state index in [1.165, 1.54) is 12.1 Å². The van der Waals surface area contributed by atoms with Gasteiger partial charge in [-0.25, -0.2) is 18.7 Å². The van der Waals surface area contributed by atoms with Gasteiger partial charge in [-0.05, 0) is 113 Å². The Morgan fingerprint density at radius 1 is 0.838 bits per heavy atom. The highest BCUT2D eigenvalue weighted by Gasteiger charge is 2.47. The predicted molar refractivity (Wildman–Crippen MR) is 252 cm³/mol. The number of hydrogen-bond donors (Lipinski definition) is 3. The van der Waals surface area contributed by atoms with Crippen LogP contribution in [0.15, 0.2) is 42.7 Å². The van der Waals surface area contributed by atoms with Gasteiger partial charge >= 0.3 is 0 Å². The fourth-order valence-electron chi connectivity index (χ4n) is 12.0. The highest BCUT2D eigenvalue weighted by atomic mass is 19.1. The quantitative estimate of drug-likeness (QED) is 0.173. The molecule has 6 fully saturated rings. The highest BCUT2D eigenvalue weighted by Crippen LogP contribution is 2.42. The molecule has 7 heterocycles. The number of piperidine rings is 3. The van der Waals surface area contributed by atoms with Gasteiger partial charge in [0, 0.05) is 81.7 Å². The van der Waals surface area contributed by atoms with Crippen LogP contribution in [-0.4, -0.2) is 144 Å². The maximum Gasteiger partial charge on any atom is 0.264 e. The van der Waals surface area contributed by atoms with Crippen LogP contribution in [0.3, 0.4) is 0 Å². The highest BCUT2D eigenvalue weighted by molar-refractivity contribution is 6.25. The van der Waals surface area contributed by atoms with Crippen LogP contribution in [0.5, 0.6) is 0 Å². The molecule has 7 aliphatic rings. The zero-order valence-electron chi connectivity index (χ0n) is 39.4. The maximum absolute atomic E-state index is 15.8. The number of hydrogen-bond acceptors (Lipinski definition) is 13. The number of nitrogens with one attached hydrogen (secondary N) is 3. The van der Waals surface area contributed by atoms with E-state index < -0.39 is 46.8 Å². The summed E-state index contributed by atoms with van der Waals surface area (Å²) in [6, 6.07) is 9.25. The molecule has 4 atom stereocenters. The molecule has 68 heavy (non-hydrogen) atoms. The van der Waals surface area contributed by atoms with E-state index in [9.17, 15) is 24.0 Å². The first-order valence-corrected chi connectivity index (χ1v) is 24.5. The number of nitrogens with zero attached hydrogens (tertiary/aromatic N) is 8. The number of imide groups is 2. The fourth-order valence-corrected chi connectivity index (χ4v) is 12.0. The van der Waals surface area contributed by atoms with E-state index in [2.05, 4.69) is 67.5 Å². The summed E-state index contributed by atoms with van der Waals surface area (Å²) in [5, 5.41) is 8.84. The predicted octanol–water partition coefficient (Wildman–Crippen LogP) is 4.40. The molecule has 10 rings (SSSR count). The van der Waals surface area contributed by atoms with Gasteiger partial charge < -0.3 is 30.2 Å². The number of carbonyl (C=O) groups is 5. The third-order valence-corrected chi connectivity index (χ3v) is 16.1. The number of carbonyl (C=O) groups excluding carboxylic acids is 5. The second-order valence-corrected chi connectivity index (χ2v) is 21.2. The molecule has 5 saturated heterocycles. The fraction of sp³-hybridized carbons (Fsp3) is 0.580. The van der Waals surface area contributed by atoms with Crippen LogP contribution in [0.1, 0.15) is 97.9 Å². The molecule has 2 aromatic carbocycles. The molecule has 3 N–H and O–H groups in total. The summed E-state index contributed by atoms with van der Waals surface area (Å²) in [6.07, 6.45) is 8.17. The summed E-state index contributed by atoms with van der Waals surface area (Å²) in [7, 11) is 2.17. The molecule has 1 unspecified atom stereocenters. The minimum atomic E-state index is -1.00. The Labute approximate surface area is 396 Å². The Hall–Kier alpha value is -5.75. The molecule has 362 valence electrons. The van der Waals surface area contributed by atoms with E-state index in [-0.39, 0.29) is 47.5 Å². The Balaban J connectivity index is 0.687. The molecule has 3 aromatic rings. The van der Waals surface area contributed by atoms with Crippen molar-refractivity contribution in [3.63, 3.8) is 0 Å². The summed E-state index contributed by atoms with van der Waals surface area (Å²) in [6.45, 7) is 11.6. The van der Waals surface area contributed by atoms with Crippen LogP contribution < -0.4 is 30.7 Å². The molecule has 0 radical (unpaired) electrons. The van der Waals surface area contributed by atoms with Crippen molar-refractivity contribution in [3.8, 4) is 0 Å². The molecule has 18 heteroatoms. The maximum atomic E-state index is 15.8. The van der Waals surface area contributed by atoms with Crippen LogP contribution in [-0.2, 0) is 20.9 Å². The minimum absolute atomic E-state index is 0.0215. The average Bonchev–Trinajstić information content (AvgIpc) is 3.98. The molecule has 1 aromatic heterocycles. The molecule has 0 bridgehead atoms. The zero-order valence-corrected chi connectivity index (χ0v) is 39.4. The molecule has 1 saturated carbocycles. The van der Waals surface area contributed by atoms with Crippen LogP contribution in [0, 0.1) is 28.9 Å². The van der Waals surface area contributed by atoms with Crippen molar-refractivity contribution in [2.45, 2.75) is 95.8 Å². The monoisotopic (exact) mass is 935 g/mol. The van der Waals surface area contributed by atoms with E-state index in [0.717, 1.165) is 81.4 Å². The van der Waals surface area contributed by atoms with E-state index in [4.69, 9.17) is 4.98 Å². The van der Waals surface area contributed by atoms with Gasteiger partial charge in [0.2, 0.25) is 17.7 Å². The molecule has 1 aliphatic carbocycles. The number of benzene rings is 2. The molecule has 1 spiro atoms. The van der Waals surface area contributed by atoms with E-state index in [1.807, 2.05) is 0 Å². The molecule has 6 aliphatic heterocycles. The average molecular weight is 936 g/mol. The zero-order chi connectivity index (χ0) is 47.5. The Morgan fingerprint density at radius 3 is 2.28 bits per heavy atom. The van der Waals surface area contributed by atoms with Crippen molar-refractivity contribution in [2.75, 3.05) is 92.5 Å². The third kappa shape index (κ3) is 9.12. The van der Waals surface area contributed by atoms with Crippen molar-refractivity contribution in [1.29, 1.82) is 0 Å². The lowest BCUT2D eigenvalue weighted by Crippen LogP contribution is -2.66. The Bertz CT molecular complexity index is 2470. The molecular weight excluding hydrogens is 873 g/mol. The summed E-state index contributed by atoms with van der Waals surface area (Å²) < 4.78 is 31.3. The lowest BCUT2D eigenvalue weighted by atomic mass is 9.82. The molecule has 16 nitrogen and oxygen atoms in total. The van der Waals surface area contributed by atoms with Crippen molar-refractivity contribution in [3.05, 3.63) is 71.1 Å². The largest absolute Gasteiger partial charge is 0.384 e. The van der Waals surface area contributed by atoms with Crippen LogP contribution >= 0.6 is 0 Å². The minimum Gasteiger partial charge on any atom is -0.384 e. The van der Waals surface area contributed by atoms with Crippen LogP contribution in [0.4, 0.5) is 31.8 Å². The number of fused-ring (bicyclic) bond motifs is 2. The first kappa shape index (κ1) is 46.0. The van der Waals surface area contributed by atoms with Gasteiger partial charge in [-0.3, -0.25) is 39.1 Å². The number of anilines is 4. The second kappa shape index (κ2) is 18.3. The lowest BCUT2D eigenvalue weighted by molar-refractivity contribution is -0.136. The number of amides is 5. The first-order chi connectivity index (χ1) is 32.6. The number of halogens is 2. The van der Waals surface area contributed by atoms with E-state index >= 15 is 8.78 Å². The van der Waals surface area contributed by atoms with Gasteiger partial charge in [0.15, 0.2) is 0 Å². The van der Waals surface area contributed by atoms with Gasteiger partial charge in [0.1, 0.15) is 35.6 Å². The third-order valence-electron chi connectivity index (χ3n) is 16.1. The standard InChI is InChI=1S/C50H63F2N11O5/c1-49(2)10-16-59(17-11-49)25-33-22-37(52)40(23-36(33)51)62-28-44(65)57-50(29-62)12-18-60(19-13-50)41-24-42(55-30-54-41)61-26-31-20-34(21-32(31)27-61)58(3)15-5-14-53-38-7-4-6-35-45(38)48(68)63(47(35)67)39-8-9-43(64)56-46(39)66/h4,6-7,22-24,30-32,34,39,53H,5,8-21,25-29H2,1-3H3,(H,57,65)(H,56,64,66)/t31-,32+,34-,39?. The normalized spacial score (nSPS) is 25.9. The topological polar surface area (TPSA) is 167 Å². The summed E-state index contributed by atoms with van der Waals surface area (Å²) in [5.41, 5.74) is 1.29. The van der Waals surface area contributed by atoms with E-state index in [1.54, 1.807) is 29.4 Å². The van der Waals surface area contributed by atoms with Crippen LogP contribution in [0.2, 0.25) is 0 Å². The number of aromatic nitrogens is 2. The summed E-state index contributed by atoms with van der Waals surface area (Å²) >= 11 is 0. The van der Waals surface area contributed by atoms with E-state index in [0.29, 0.717) is 74.7 Å². The smallest absolute Gasteiger partial charge is 0.264 e. The van der Waals surface area contributed by atoms with Crippen LogP contribution in [0.25, 0.3) is 0 Å². The lowest BCUT2D eigenvalue weighted by Gasteiger charge is -2.48. The molecular formula is C50H63F2N11O5. The summed E-state index contributed by atoms with van der Waals surface area (Å²) in [5.74, 6) is -0.330. The van der Waals surface area contributed by atoms with Gasteiger partial charge in [-0.15, -0.1) is 0 Å². The van der Waals surface area contributed by atoms with Gasteiger partial charge in [0.25, 0.3) is 11.8 Å². The number of piperazine rings is 1. The van der Waals surface area contributed by atoms with Gasteiger partial charge in [-0.1, -0.05) is 19.9 Å². The summed E-state index contributed by atoms with van der Waals surface area (Å²) in [4.78, 5) is 85.4. The van der Waals surface area contributed by atoms with Crippen molar-refractivity contribution >= 4 is 52.5 Å². The van der Waals surface area contributed by atoms with Gasteiger partial charge in [-0.2, -0.15) is 0 Å². The van der Waals surface area contributed by atoms with Crippen molar-refractivity contribution in [2.24, 2.45) is 17.3 Å².